The monoisotopic (exact) mass is 1020 g/mol. The van der Waals surface area contributed by atoms with Crippen molar-refractivity contribution in [3.63, 3.8) is 0 Å². The molecule has 1 fully saturated rings. The van der Waals surface area contributed by atoms with Crippen molar-refractivity contribution < 1.29 is 48.3 Å². The Bertz CT molecular complexity index is 1790. The van der Waals surface area contributed by atoms with Crippen LogP contribution >= 0.6 is 0 Å². The molecule has 0 aromatic heterocycles. The quantitative estimate of drug-likeness (QED) is 0.0427. The molecule has 72 heavy (non-hydrogen) atoms. The molecule has 0 unspecified atom stereocenters. The number of hydrogen-bond donors (Lipinski definition) is 10. The van der Waals surface area contributed by atoms with Gasteiger partial charge in [-0.25, -0.2) is 0 Å². The second-order valence-corrected chi connectivity index (χ2v) is 22.7. The molecule has 1 aliphatic rings. The van der Waals surface area contributed by atoms with E-state index in [1.165, 1.54) is 48.5 Å². The van der Waals surface area contributed by atoms with Crippen molar-refractivity contribution in [3.05, 3.63) is 0 Å². The Balaban J connectivity index is 3.12. The van der Waals surface area contributed by atoms with Crippen LogP contribution in [0.3, 0.4) is 0 Å². The number of hydrogen-bond acceptors (Lipinski definition) is 11. The normalized spacial score (nSPS) is 15.9. The van der Waals surface area contributed by atoms with E-state index in [-0.39, 0.29) is 61.4 Å². The minimum atomic E-state index is -1.69. The van der Waals surface area contributed by atoms with Crippen LogP contribution in [0, 0.1) is 17.8 Å². The van der Waals surface area contributed by atoms with Crippen molar-refractivity contribution >= 4 is 53.2 Å². The molecule has 0 saturated heterocycles. The fourth-order valence-corrected chi connectivity index (χ4v) is 8.39. The average Bonchev–Trinajstić information content (AvgIpc) is 3.80. The van der Waals surface area contributed by atoms with Gasteiger partial charge < -0.3 is 57.9 Å². The molecule has 10 N–H and O–H groups in total. The molecule has 0 heterocycles. The second-order valence-electron chi connectivity index (χ2n) is 22.7. The van der Waals surface area contributed by atoms with Crippen molar-refractivity contribution in [1.82, 2.24) is 52.8 Å². The number of nitrogens with zero attached hydrogens (tertiary/aromatic N) is 1. The van der Waals surface area contributed by atoms with E-state index in [1.54, 1.807) is 0 Å². The van der Waals surface area contributed by atoms with E-state index >= 15 is 0 Å². The third-order valence-corrected chi connectivity index (χ3v) is 12.6. The van der Waals surface area contributed by atoms with Gasteiger partial charge in [0.15, 0.2) is 0 Å². The Labute approximate surface area is 430 Å². The maximum Gasteiger partial charge on any atom is 0.246 e. The number of carbonyl (C=O) groups excluding carboxylic acids is 9. The molecule has 0 bridgehead atoms. The second kappa shape index (κ2) is 31.0. The first-order valence-electron chi connectivity index (χ1n) is 26.4. The maximum atomic E-state index is 14.1. The fourth-order valence-electron chi connectivity index (χ4n) is 8.39. The van der Waals surface area contributed by atoms with Crippen molar-refractivity contribution in [2.24, 2.45) is 17.8 Å². The molecule has 0 aliphatic heterocycles. The highest BCUT2D eigenvalue weighted by Crippen LogP contribution is 2.25. The molecule has 414 valence electrons. The molecular weight excluding hydrogens is 925 g/mol. The highest BCUT2D eigenvalue weighted by molar-refractivity contribution is 6.00. The van der Waals surface area contributed by atoms with E-state index in [0.717, 1.165) is 57.8 Å². The third kappa shape index (κ3) is 24.2. The van der Waals surface area contributed by atoms with Gasteiger partial charge >= 0.3 is 0 Å². The lowest BCUT2D eigenvalue weighted by Crippen LogP contribution is -2.65. The fraction of sp³-hybridized carbons (Fsp3) is 0.827. The summed E-state index contributed by atoms with van der Waals surface area (Å²) in [5.41, 5.74) is -4.70. The number of likely N-dealkylation sites (N-methyl/N-ethyl adjacent to an activating group) is 1. The number of rotatable bonds is 33. The van der Waals surface area contributed by atoms with Gasteiger partial charge in [-0.3, -0.25) is 43.2 Å². The average molecular weight is 1020 g/mol. The Morgan fingerprint density at radius 2 is 1.07 bits per heavy atom. The molecule has 6 atom stereocenters. The number of aliphatic hydroxyl groups is 1. The van der Waals surface area contributed by atoms with Crippen LogP contribution in [0.1, 0.15) is 180 Å². The zero-order valence-electron chi connectivity index (χ0n) is 46.6. The van der Waals surface area contributed by atoms with Gasteiger partial charge in [0.25, 0.3) is 0 Å². The van der Waals surface area contributed by atoms with Crippen molar-refractivity contribution in [3.8, 4) is 0 Å². The smallest absolute Gasteiger partial charge is 0.246 e. The summed E-state index contributed by atoms with van der Waals surface area (Å²) in [5, 5.41) is 35.3. The molecule has 20 nitrogen and oxygen atoms in total. The molecule has 1 saturated carbocycles. The number of nitrogens with one attached hydrogen (secondary N) is 9. The maximum absolute atomic E-state index is 14.1. The molecule has 0 aromatic rings. The van der Waals surface area contributed by atoms with Crippen LogP contribution in [0.15, 0.2) is 0 Å². The Morgan fingerprint density at radius 1 is 0.569 bits per heavy atom. The van der Waals surface area contributed by atoms with E-state index in [0.29, 0.717) is 19.4 Å². The minimum absolute atomic E-state index is 0.0309. The zero-order chi connectivity index (χ0) is 55.1. The molecule has 1 rings (SSSR count). The molecule has 0 radical (unpaired) electrons. The molecular formula is C52H96N10O10. The summed E-state index contributed by atoms with van der Waals surface area (Å²) in [5.74, 6) is -5.71. The summed E-state index contributed by atoms with van der Waals surface area (Å²) in [6.45, 7) is 22.1. The first-order valence-corrected chi connectivity index (χ1v) is 26.4. The van der Waals surface area contributed by atoms with Crippen molar-refractivity contribution in [2.45, 2.75) is 233 Å². The van der Waals surface area contributed by atoms with Gasteiger partial charge in [0, 0.05) is 31.5 Å². The zero-order valence-corrected chi connectivity index (χ0v) is 46.6. The largest absolute Gasteiger partial charge is 0.391 e. The van der Waals surface area contributed by atoms with Crippen LogP contribution in [0.5, 0.6) is 0 Å². The van der Waals surface area contributed by atoms with Gasteiger partial charge in [-0.15, -0.1) is 0 Å². The Hall–Kier alpha value is -4.85. The topological polar surface area (TPSA) is 285 Å². The lowest BCUT2D eigenvalue weighted by Gasteiger charge is -2.34. The molecule has 20 heteroatoms. The summed E-state index contributed by atoms with van der Waals surface area (Å²) < 4.78 is 0. The summed E-state index contributed by atoms with van der Waals surface area (Å²) in [6.07, 6.45) is 8.46. The third-order valence-electron chi connectivity index (χ3n) is 12.6. The summed E-state index contributed by atoms with van der Waals surface area (Å²) in [7, 11) is 3.79. The van der Waals surface area contributed by atoms with Gasteiger partial charge in [-0.2, -0.15) is 0 Å². The summed E-state index contributed by atoms with van der Waals surface area (Å²) in [6, 6.07) is -4.85. The van der Waals surface area contributed by atoms with Crippen LogP contribution in [-0.2, 0) is 43.2 Å². The number of unbranched alkanes of at least 4 members (excludes halogenated alkanes) is 5. The highest BCUT2D eigenvalue weighted by Gasteiger charge is 2.41. The molecule has 0 aromatic carbocycles. The number of carbonyl (C=O) groups is 9. The van der Waals surface area contributed by atoms with Gasteiger partial charge in [0.05, 0.1) is 6.10 Å². The van der Waals surface area contributed by atoms with Crippen LogP contribution in [0.25, 0.3) is 0 Å². The minimum Gasteiger partial charge on any atom is -0.391 e. The number of aliphatic hydroxyl groups excluding tert-OH is 1. The van der Waals surface area contributed by atoms with Gasteiger partial charge in [-0.1, -0.05) is 86.0 Å². The summed E-state index contributed by atoms with van der Waals surface area (Å²) >= 11 is 0. The van der Waals surface area contributed by atoms with E-state index < -0.39 is 88.2 Å². The molecule has 0 spiro atoms. The van der Waals surface area contributed by atoms with Gasteiger partial charge in [-0.05, 0) is 113 Å². The Morgan fingerprint density at radius 3 is 1.61 bits per heavy atom. The van der Waals surface area contributed by atoms with Gasteiger partial charge in [0.2, 0.25) is 53.2 Å². The van der Waals surface area contributed by atoms with Crippen LogP contribution in [0.4, 0.5) is 0 Å². The lowest BCUT2D eigenvalue weighted by atomic mass is 9.96. The van der Waals surface area contributed by atoms with Crippen LogP contribution in [-0.4, -0.2) is 143 Å². The molecule has 1 aliphatic carbocycles. The SMILES string of the molecule is CCCCCCCC[C@H](NC(=O)C1CCCC1)C(=O)N[C@H](C(=O)NC(C)(C)C(=O)N[C@@H](CC(C)C)C(=O)N[C@@H](CC(C)C)C(=O)NC(C)(C)C(=O)NC(C)(C)C(=O)NCCC(=O)N[C@@H](C)CN(C)C)[C@@H](C)O. The number of amides is 9. The molecule has 9 amide bonds. The predicted octanol–water partition coefficient (Wildman–Crippen LogP) is 2.60. The lowest BCUT2D eigenvalue weighted by molar-refractivity contribution is -0.139. The van der Waals surface area contributed by atoms with Gasteiger partial charge in [0.1, 0.15) is 40.8 Å². The first kappa shape index (κ1) is 65.2. The predicted molar refractivity (Wildman–Crippen MR) is 279 cm³/mol. The van der Waals surface area contributed by atoms with E-state index in [2.05, 4.69) is 54.8 Å². The summed E-state index contributed by atoms with van der Waals surface area (Å²) in [4.78, 5) is 124. The standard InChI is InChI=1S/C52H96N10O10/c1-16-17-18-19-20-21-26-37(55-42(65)36-24-22-23-25-36)43(66)58-41(35(7)63)46(69)60-51(10,11)48(71)57-38(29-32(2)3)44(67)56-39(30-33(4)5)45(68)59-52(12,13)49(72)61-50(8,9)47(70)53-28-27-40(64)54-34(6)31-62(14)15/h32-39,41,63H,16-31H2,1-15H3,(H,53,70)(H,54,64)(H,55,65)(H,56,67)(H,57,71)(H,58,66)(H,59,68)(H,60,69)(H,61,72)/t34-,35+,37-,38-,39-,41-/m0/s1. The van der Waals surface area contributed by atoms with Crippen LogP contribution < -0.4 is 47.9 Å². The van der Waals surface area contributed by atoms with E-state index in [1.807, 2.05) is 53.6 Å². The van der Waals surface area contributed by atoms with E-state index in [4.69, 9.17) is 0 Å². The van der Waals surface area contributed by atoms with Crippen molar-refractivity contribution in [1.29, 1.82) is 0 Å². The van der Waals surface area contributed by atoms with E-state index in [9.17, 15) is 48.3 Å². The highest BCUT2D eigenvalue weighted by atomic mass is 16.3. The first-order chi connectivity index (χ1) is 33.3. The Kier molecular flexibility index (Phi) is 28.1. The van der Waals surface area contributed by atoms with Crippen LogP contribution in [0.2, 0.25) is 0 Å². The van der Waals surface area contributed by atoms with Crippen molar-refractivity contribution in [2.75, 3.05) is 27.2 Å².